The highest BCUT2D eigenvalue weighted by atomic mass is 19.4. The van der Waals surface area contributed by atoms with Gasteiger partial charge in [0.1, 0.15) is 5.75 Å². The van der Waals surface area contributed by atoms with E-state index in [9.17, 15) is 13.2 Å². The maximum atomic E-state index is 12.7. The zero-order chi connectivity index (χ0) is 16.5. The SMILES string of the molecule is COc1ccc(C(C)(C)C)cc1-c1ccc(C(F)(F)F)cc1. The van der Waals surface area contributed by atoms with Gasteiger partial charge in [-0.2, -0.15) is 13.2 Å². The van der Waals surface area contributed by atoms with Gasteiger partial charge >= 0.3 is 6.18 Å². The van der Waals surface area contributed by atoms with Gasteiger partial charge in [-0.15, -0.1) is 0 Å². The van der Waals surface area contributed by atoms with E-state index in [4.69, 9.17) is 4.74 Å². The molecule has 0 saturated carbocycles. The Labute approximate surface area is 128 Å². The van der Waals surface area contributed by atoms with Gasteiger partial charge in [0.15, 0.2) is 0 Å². The van der Waals surface area contributed by atoms with Gasteiger partial charge in [-0.3, -0.25) is 0 Å². The predicted octanol–water partition coefficient (Wildman–Crippen LogP) is 5.68. The average Bonchev–Trinajstić information content (AvgIpc) is 2.45. The van der Waals surface area contributed by atoms with Crippen LogP contribution in [0.3, 0.4) is 0 Å². The third kappa shape index (κ3) is 3.43. The van der Waals surface area contributed by atoms with E-state index in [1.807, 2.05) is 18.2 Å². The lowest BCUT2D eigenvalue weighted by atomic mass is 9.85. The molecule has 4 heteroatoms. The average molecular weight is 308 g/mol. The fourth-order valence-corrected chi connectivity index (χ4v) is 2.24. The van der Waals surface area contributed by atoms with Crippen LogP contribution in [0.15, 0.2) is 42.5 Å². The van der Waals surface area contributed by atoms with Crippen molar-refractivity contribution in [3.8, 4) is 16.9 Å². The first kappa shape index (κ1) is 16.4. The number of hydrogen-bond acceptors (Lipinski definition) is 1. The molecular formula is C18H19F3O. The van der Waals surface area contributed by atoms with E-state index in [0.717, 1.165) is 23.3 Å². The molecule has 2 aromatic carbocycles. The molecule has 0 aliphatic rings. The Bertz CT molecular complexity index is 650. The normalized spacial score (nSPS) is 12.3. The van der Waals surface area contributed by atoms with Gasteiger partial charge in [0.2, 0.25) is 0 Å². The summed E-state index contributed by atoms with van der Waals surface area (Å²) in [4.78, 5) is 0. The standard InChI is InChI=1S/C18H19F3O/c1-17(2,3)14-9-10-16(22-4)15(11-14)12-5-7-13(8-6-12)18(19,20)21/h5-11H,1-4H3. The minimum absolute atomic E-state index is 0.0487. The number of alkyl halides is 3. The summed E-state index contributed by atoms with van der Waals surface area (Å²) in [6, 6.07) is 11.0. The van der Waals surface area contributed by atoms with E-state index in [1.165, 1.54) is 12.1 Å². The molecule has 2 rings (SSSR count). The Hall–Kier alpha value is -1.97. The molecule has 1 nitrogen and oxygen atoms in total. The second-order valence-corrected chi connectivity index (χ2v) is 6.24. The molecule has 0 unspecified atom stereocenters. The molecule has 0 aromatic heterocycles. The van der Waals surface area contributed by atoms with E-state index < -0.39 is 11.7 Å². The van der Waals surface area contributed by atoms with Crippen LogP contribution in [0.25, 0.3) is 11.1 Å². The highest BCUT2D eigenvalue weighted by Crippen LogP contribution is 2.36. The molecule has 0 N–H and O–H groups in total. The predicted molar refractivity (Wildman–Crippen MR) is 82.1 cm³/mol. The molecule has 0 spiro atoms. The number of methoxy groups -OCH3 is 1. The Balaban J connectivity index is 2.51. The van der Waals surface area contributed by atoms with E-state index in [0.29, 0.717) is 11.3 Å². The molecule has 22 heavy (non-hydrogen) atoms. The van der Waals surface area contributed by atoms with Crippen molar-refractivity contribution in [3.63, 3.8) is 0 Å². The lowest BCUT2D eigenvalue weighted by molar-refractivity contribution is -0.137. The van der Waals surface area contributed by atoms with Gasteiger partial charge in [0.05, 0.1) is 12.7 Å². The van der Waals surface area contributed by atoms with E-state index in [1.54, 1.807) is 7.11 Å². The molecule has 0 radical (unpaired) electrons. The topological polar surface area (TPSA) is 9.23 Å². The second kappa shape index (κ2) is 5.67. The molecule has 0 heterocycles. The Morgan fingerprint density at radius 1 is 0.818 bits per heavy atom. The summed E-state index contributed by atoms with van der Waals surface area (Å²) in [7, 11) is 1.56. The van der Waals surface area contributed by atoms with Crippen LogP contribution in [0.4, 0.5) is 13.2 Å². The third-order valence-corrected chi connectivity index (χ3v) is 3.59. The van der Waals surface area contributed by atoms with Crippen LogP contribution in [-0.2, 0) is 11.6 Å². The van der Waals surface area contributed by atoms with Gasteiger partial charge in [-0.1, -0.05) is 39.0 Å². The third-order valence-electron chi connectivity index (χ3n) is 3.59. The number of halogens is 3. The van der Waals surface area contributed by atoms with Gasteiger partial charge in [-0.05, 0) is 40.8 Å². The van der Waals surface area contributed by atoms with Crippen LogP contribution in [-0.4, -0.2) is 7.11 Å². The van der Waals surface area contributed by atoms with Crippen molar-refractivity contribution in [1.82, 2.24) is 0 Å². The van der Waals surface area contributed by atoms with Crippen LogP contribution in [0.5, 0.6) is 5.75 Å². The van der Waals surface area contributed by atoms with Gasteiger partial charge < -0.3 is 4.74 Å². The van der Waals surface area contributed by atoms with Crippen LogP contribution in [0, 0.1) is 0 Å². The minimum Gasteiger partial charge on any atom is -0.496 e. The number of ether oxygens (including phenoxy) is 1. The molecular weight excluding hydrogens is 289 g/mol. The van der Waals surface area contributed by atoms with Crippen LogP contribution >= 0.6 is 0 Å². The maximum Gasteiger partial charge on any atom is 0.416 e. The molecule has 0 atom stereocenters. The monoisotopic (exact) mass is 308 g/mol. The van der Waals surface area contributed by atoms with Crippen molar-refractivity contribution < 1.29 is 17.9 Å². The quantitative estimate of drug-likeness (QED) is 0.693. The largest absolute Gasteiger partial charge is 0.496 e. The molecule has 0 bridgehead atoms. The lowest BCUT2D eigenvalue weighted by Gasteiger charge is -2.21. The highest BCUT2D eigenvalue weighted by molar-refractivity contribution is 5.71. The summed E-state index contributed by atoms with van der Waals surface area (Å²) < 4.78 is 43.3. The first-order valence-electron chi connectivity index (χ1n) is 6.99. The van der Waals surface area contributed by atoms with Gasteiger partial charge in [0.25, 0.3) is 0 Å². The van der Waals surface area contributed by atoms with E-state index >= 15 is 0 Å². The van der Waals surface area contributed by atoms with Crippen molar-refractivity contribution in [3.05, 3.63) is 53.6 Å². The molecule has 0 fully saturated rings. The lowest BCUT2D eigenvalue weighted by Crippen LogP contribution is -2.11. The van der Waals surface area contributed by atoms with Gasteiger partial charge in [-0.25, -0.2) is 0 Å². The molecule has 2 aromatic rings. The summed E-state index contributed by atoms with van der Waals surface area (Å²) in [5.41, 5.74) is 1.90. The van der Waals surface area contributed by atoms with Crippen molar-refractivity contribution in [2.24, 2.45) is 0 Å². The Kier molecular flexibility index (Phi) is 4.23. The van der Waals surface area contributed by atoms with Crippen molar-refractivity contribution in [2.75, 3.05) is 7.11 Å². The van der Waals surface area contributed by atoms with Crippen molar-refractivity contribution >= 4 is 0 Å². The summed E-state index contributed by atoms with van der Waals surface area (Å²) >= 11 is 0. The zero-order valence-corrected chi connectivity index (χ0v) is 13.1. The fraction of sp³-hybridized carbons (Fsp3) is 0.333. The first-order valence-corrected chi connectivity index (χ1v) is 6.99. The molecule has 118 valence electrons. The van der Waals surface area contributed by atoms with Crippen molar-refractivity contribution in [2.45, 2.75) is 32.4 Å². The molecule has 0 aliphatic carbocycles. The van der Waals surface area contributed by atoms with Gasteiger partial charge in [0, 0.05) is 5.56 Å². The first-order chi connectivity index (χ1) is 10.1. The second-order valence-electron chi connectivity index (χ2n) is 6.24. The van der Waals surface area contributed by atoms with Crippen LogP contribution in [0.2, 0.25) is 0 Å². The maximum absolute atomic E-state index is 12.7. The number of benzene rings is 2. The fourth-order valence-electron chi connectivity index (χ4n) is 2.24. The molecule has 0 aliphatic heterocycles. The highest BCUT2D eigenvalue weighted by Gasteiger charge is 2.30. The summed E-state index contributed by atoms with van der Waals surface area (Å²) in [6.07, 6.45) is -4.32. The smallest absolute Gasteiger partial charge is 0.416 e. The molecule has 0 amide bonds. The minimum atomic E-state index is -4.32. The molecule has 0 saturated heterocycles. The van der Waals surface area contributed by atoms with E-state index in [-0.39, 0.29) is 5.41 Å². The summed E-state index contributed by atoms with van der Waals surface area (Å²) in [5, 5.41) is 0. The number of rotatable bonds is 2. The summed E-state index contributed by atoms with van der Waals surface area (Å²) in [6.45, 7) is 6.27. The Morgan fingerprint density at radius 3 is 1.82 bits per heavy atom. The van der Waals surface area contributed by atoms with Crippen LogP contribution in [0.1, 0.15) is 31.9 Å². The van der Waals surface area contributed by atoms with Crippen molar-refractivity contribution in [1.29, 1.82) is 0 Å². The Morgan fingerprint density at radius 2 is 1.36 bits per heavy atom. The summed E-state index contributed by atoms with van der Waals surface area (Å²) in [5.74, 6) is 0.646. The number of hydrogen-bond donors (Lipinski definition) is 0. The van der Waals surface area contributed by atoms with E-state index in [2.05, 4.69) is 20.8 Å². The van der Waals surface area contributed by atoms with Crippen LogP contribution < -0.4 is 4.74 Å². The zero-order valence-electron chi connectivity index (χ0n) is 13.1.